The molecule has 1 heterocycles. The first kappa shape index (κ1) is 18.1. The molecule has 2 aromatic carbocycles. The van der Waals surface area contributed by atoms with Crippen molar-refractivity contribution < 1.29 is 14.3 Å². The van der Waals surface area contributed by atoms with E-state index in [4.69, 9.17) is 21.1 Å². The van der Waals surface area contributed by atoms with E-state index in [9.17, 15) is 4.79 Å². The van der Waals surface area contributed by atoms with E-state index in [-0.39, 0.29) is 18.4 Å². The normalized spacial score (nSPS) is 14.5. The molecule has 0 spiro atoms. The summed E-state index contributed by atoms with van der Waals surface area (Å²) in [5.41, 5.74) is 1.85. The standard InChI is InChI=1S/C19H19BrClNO3/c1-12(14-3-5-15(20)6-4-14)22-18(23)11-13-9-16(21)19-17(10-13)24-7-2-8-25-19/h3-6,9-10,12H,2,7-8,11H2,1H3,(H,22,23). The van der Waals surface area contributed by atoms with Crippen LogP contribution in [-0.4, -0.2) is 19.1 Å². The number of hydrogen-bond acceptors (Lipinski definition) is 3. The van der Waals surface area contributed by atoms with Crippen molar-refractivity contribution in [1.29, 1.82) is 0 Å². The highest BCUT2D eigenvalue weighted by Crippen LogP contribution is 2.38. The van der Waals surface area contributed by atoms with Gasteiger partial charge in [-0.1, -0.05) is 39.7 Å². The van der Waals surface area contributed by atoms with Gasteiger partial charge < -0.3 is 14.8 Å². The van der Waals surface area contributed by atoms with Crippen molar-refractivity contribution in [1.82, 2.24) is 5.32 Å². The first-order valence-corrected chi connectivity index (χ1v) is 9.33. The molecular weight excluding hydrogens is 406 g/mol. The molecular formula is C19H19BrClNO3. The Bertz CT molecular complexity index is 764. The number of amides is 1. The van der Waals surface area contributed by atoms with Gasteiger partial charge in [0.15, 0.2) is 11.5 Å². The molecule has 6 heteroatoms. The van der Waals surface area contributed by atoms with E-state index in [1.807, 2.05) is 37.3 Å². The van der Waals surface area contributed by atoms with Crippen molar-refractivity contribution >= 4 is 33.4 Å². The predicted octanol–water partition coefficient (Wildman–Crippen LogP) is 4.68. The van der Waals surface area contributed by atoms with Crippen molar-refractivity contribution in [3.05, 3.63) is 57.0 Å². The number of halogens is 2. The van der Waals surface area contributed by atoms with Crippen LogP contribution in [0.5, 0.6) is 11.5 Å². The van der Waals surface area contributed by atoms with Crippen LogP contribution in [0.2, 0.25) is 5.02 Å². The zero-order chi connectivity index (χ0) is 17.8. The lowest BCUT2D eigenvalue weighted by Gasteiger charge is -2.15. The second kappa shape index (κ2) is 8.11. The van der Waals surface area contributed by atoms with Crippen molar-refractivity contribution in [2.75, 3.05) is 13.2 Å². The molecule has 0 saturated carbocycles. The molecule has 132 valence electrons. The molecule has 4 nitrogen and oxygen atoms in total. The van der Waals surface area contributed by atoms with E-state index in [0.29, 0.717) is 29.7 Å². The summed E-state index contributed by atoms with van der Waals surface area (Å²) in [6.07, 6.45) is 1.04. The van der Waals surface area contributed by atoms with E-state index in [0.717, 1.165) is 22.0 Å². The van der Waals surface area contributed by atoms with Gasteiger partial charge in [0.25, 0.3) is 0 Å². The van der Waals surface area contributed by atoms with Crippen LogP contribution in [-0.2, 0) is 11.2 Å². The smallest absolute Gasteiger partial charge is 0.224 e. The summed E-state index contributed by atoms with van der Waals surface area (Å²) in [7, 11) is 0. The van der Waals surface area contributed by atoms with Crippen LogP contribution in [0.1, 0.15) is 30.5 Å². The molecule has 2 aromatic rings. The van der Waals surface area contributed by atoms with E-state index in [2.05, 4.69) is 21.2 Å². The number of carbonyl (C=O) groups excluding carboxylic acids is 1. The van der Waals surface area contributed by atoms with Gasteiger partial charge in [0.05, 0.1) is 30.7 Å². The Morgan fingerprint density at radius 2 is 1.96 bits per heavy atom. The van der Waals surface area contributed by atoms with Gasteiger partial charge in [0.1, 0.15) is 0 Å². The molecule has 0 saturated heterocycles. The fraction of sp³-hybridized carbons (Fsp3) is 0.316. The maximum absolute atomic E-state index is 12.4. The summed E-state index contributed by atoms with van der Waals surface area (Å²) in [6.45, 7) is 3.12. The van der Waals surface area contributed by atoms with Crippen molar-refractivity contribution in [2.24, 2.45) is 0 Å². The summed E-state index contributed by atoms with van der Waals surface area (Å²) < 4.78 is 12.3. The minimum atomic E-state index is -0.0727. The lowest BCUT2D eigenvalue weighted by molar-refractivity contribution is -0.121. The molecule has 0 bridgehead atoms. The molecule has 1 aliphatic heterocycles. The first-order chi connectivity index (χ1) is 12.0. The van der Waals surface area contributed by atoms with Gasteiger partial charge in [-0.3, -0.25) is 4.79 Å². The number of nitrogens with one attached hydrogen (secondary N) is 1. The molecule has 1 unspecified atom stereocenters. The van der Waals surface area contributed by atoms with Crippen molar-refractivity contribution in [3.63, 3.8) is 0 Å². The second-order valence-electron chi connectivity index (χ2n) is 5.97. The van der Waals surface area contributed by atoms with Gasteiger partial charge in [-0.15, -0.1) is 0 Å². The van der Waals surface area contributed by atoms with Crippen LogP contribution in [0.15, 0.2) is 40.9 Å². The topological polar surface area (TPSA) is 47.6 Å². The van der Waals surface area contributed by atoms with E-state index in [1.54, 1.807) is 6.07 Å². The maximum atomic E-state index is 12.4. The molecule has 0 aromatic heterocycles. The Hall–Kier alpha value is -1.72. The number of hydrogen-bond donors (Lipinski definition) is 1. The highest BCUT2D eigenvalue weighted by Gasteiger charge is 2.17. The Kier molecular flexibility index (Phi) is 5.86. The molecule has 1 atom stereocenters. The Morgan fingerprint density at radius 3 is 2.72 bits per heavy atom. The monoisotopic (exact) mass is 423 g/mol. The summed E-state index contributed by atoms with van der Waals surface area (Å²) in [4.78, 5) is 12.4. The van der Waals surface area contributed by atoms with E-state index >= 15 is 0 Å². The molecule has 0 radical (unpaired) electrons. The van der Waals surface area contributed by atoms with Gasteiger partial charge in [0, 0.05) is 10.9 Å². The largest absolute Gasteiger partial charge is 0.489 e. The highest BCUT2D eigenvalue weighted by molar-refractivity contribution is 9.10. The third-order valence-corrected chi connectivity index (χ3v) is 4.78. The van der Waals surface area contributed by atoms with Crippen LogP contribution < -0.4 is 14.8 Å². The molecule has 1 amide bonds. The summed E-state index contributed by atoms with van der Waals surface area (Å²) in [5.74, 6) is 1.10. The van der Waals surface area contributed by atoms with Crippen molar-refractivity contribution in [2.45, 2.75) is 25.8 Å². The second-order valence-corrected chi connectivity index (χ2v) is 7.30. The molecule has 0 aliphatic carbocycles. The number of benzene rings is 2. The molecule has 3 rings (SSSR count). The van der Waals surface area contributed by atoms with E-state index in [1.165, 1.54) is 0 Å². The molecule has 0 fully saturated rings. The zero-order valence-electron chi connectivity index (χ0n) is 13.9. The average molecular weight is 425 g/mol. The predicted molar refractivity (Wildman–Crippen MR) is 101 cm³/mol. The minimum absolute atomic E-state index is 0.0685. The number of carbonyl (C=O) groups is 1. The highest BCUT2D eigenvalue weighted by atomic mass is 79.9. The fourth-order valence-corrected chi connectivity index (χ4v) is 3.25. The van der Waals surface area contributed by atoms with E-state index < -0.39 is 0 Å². The Labute approximate surface area is 160 Å². The molecule has 25 heavy (non-hydrogen) atoms. The zero-order valence-corrected chi connectivity index (χ0v) is 16.2. The third-order valence-electron chi connectivity index (χ3n) is 3.97. The maximum Gasteiger partial charge on any atom is 0.224 e. The van der Waals surface area contributed by atoms with Gasteiger partial charge in [-0.25, -0.2) is 0 Å². The third kappa shape index (κ3) is 4.67. The summed E-state index contributed by atoms with van der Waals surface area (Å²) in [6, 6.07) is 11.4. The quantitative estimate of drug-likeness (QED) is 0.775. The van der Waals surface area contributed by atoms with Gasteiger partial charge in [0.2, 0.25) is 5.91 Å². The summed E-state index contributed by atoms with van der Waals surface area (Å²) >= 11 is 9.69. The van der Waals surface area contributed by atoms with Crippen molar-refractivity contribution in [3.8, 4) is 11.5 Å². The van der Waals surface area contributed by atoms with Crippen LogP contribution in [0.4, 0.5) is 0 Å². The van der Waals surface area contributed by atoms with Crippen LogP contribution in [0.3, 0.4) is 0 Å². The van der Waals surface area contributed by atoms with Crippen LogP contribution in [0, 0.1) is 0 Å². The van der Waals surface area contributed by atoms with Crippen LogP contribution >= 0.6 is 27.5 Å². The molecule has 1 N–H and O–H groups in total. The number of fused-ring (bicyclic) bond motifs is 1. The SMILES string of the molecule is CC(NC(=O)Cc1cc(Cl)c2c(c1)OCCCO2)c1ccc(Br)cc1. The van der Waals surface area contributed by atoms with Gasteiger partial charge in [-0.05, 0) is 42.3 Å². The molecule has 1 aliphatic rings. The van der Waals surface area contributed by atoms with Gasteiger partial charge >= 0.3 is 0 Å². The summed E-state index contributed by atoms with van der Waals surface area (Å²) in [5, 5.41) is 3.48. The number of ether oxygens (including phenoxy) is 2. The first-order valence-electron chi connectivity index (χ1n) is 8.16. The minimum Gasteiger partial charge on any atom is -0.489 e. The van der Waals surface area contributed by atoms with Crippen LogP contribution in [0.25, 0.3) is 0 Å². The Balaban J connectivity index is 1.67. The fourth-order valence-electron chi connectivity index (χ4n) is 2.70. The Morgan fingerprint density at radius 1 is 1.24 bits per heavy atom. The number of rotatable bonds is 4. The van der Waals surface area contributed by atoms with Gasteiger partial charge in [-0.2, -0.15) is 0 Å². The lowest BCUT2D eigenvalue weighted by atomic mass is 10.1. The average Bonchev–Trinajstić information content (AvgIpc) is 2.81. The lowest BCUT2D eigenvalue weighted by Crippen LogP contribution is -2.28.